The molecule has 0 aromatic heterocycles. The van der Waals surface area contributed by atoms with E-state index in [-0.39, 0.29) is 18.1 Å². The van der Waals surface area contributed by atoms with Gasteiger partial charge in [0.15, 0.2) is 0 Å². The second kappa shape index (κ2) is 5.41. The number of nitrogens with zero attached hydrogens (tertiary/aromatic N) is 1. The Morgan fingerprint density at radius 1 is 1.10 bits per heavy atom. The SMILES string of the molecule is CC(C)N1c2cccc(Cl)c2C(=O)NC1c1ccccc1. The van der Waals surface area contributed by atoms with Gasteiger partial charge in [0, 0.05) is 6.04 Å². The third-order valence-corrected chi connectivity index (χ3v) is 4.03. The molecule has 2 aromatic carbocycles. The average Bonchev–Trinajstić information content (AvgIpc) is 2.47. The van der Waals surface area contributed by atoms with Crippen LogP contribution < -0.4 is 10.2 Å². The van der Waals surface area contributed by atoms with Gasteiger partial charge in [-0.3, -0.25) is 4.79 Å². The van der Waals surface area contributed by atoms with Gasteiger partial charge in [0.05, 0.1) is 16.3 Å². The molecule has 1 amide bonds. The number of nitrogens with one attached hydrogen (secondary N) is 1. The summed E-state index contributed by atoms with van der Waals surface area (Å²) in [5.74, 6) is -0.124. The van der Waals surface area contributed by atoms with Crippen molar-refractivity contribution in [2.45, 2.75) is 26.1 Å². The van der Waals surface area contributed by atoms with Crippen molar-refractivity contribution in [3.05, 3.63) is 64.7 Å². The zero-order valence-corrected chi connectivity index (χ0v) is 12.8. The topological polar surface area (TPSA) is 32.3 Å². The van der Waals surface area contributed by atoms with Gasteiger partial charge in [-0.2, -0.15) is 0 Å². The summed E-state index contributed by atoms with van der Waals surface area (Å²) >= 11 is 6.21. The Morgan fingerprint density at radius 2 is 1.81 bits per heavy atom. The van der Waals surface area contributed by atoms with Crippen LogP contribution in [0.25, 0.3) is 0 Å². The van der Waals surface area contributed by atoms with Crippen molar-refractivity contribution in [3.8, 4) is 0 Å². The third kappa shape index (κ3) is 2.38. The predicted molar refractivity (Wildman–Crippen MR) is 85.7 cm³/mol. The number of amides is 1. The van der Waals surface area contributed by atoms with E-state index >= 15 is 0 Å². The number of hydrogen-bond acceptors (Lipinski definition) is 2. The van der Waals surface area contributed by atoms with Gasteiger partial charge in [-0.05, 0) is 31.5 Å². The third-order valence-electron chi connectivity index (χ3n) is 3.71. The molecule has 1 aliphatic heterocycles. The van der Waals surface area contributed by atoms with Crippen molar-refractivity contribution in [1.29, 1.82) is 0 Å². The molecule has 21 heavy (non-hydrogen) atoms. The summed E-state index contributed by atoms with van der Waals surface area (Å²) in [6.07, 6.45) is -0.176. The Hall–Kier alpha value is -2.00. The molecule has 0 spiro atoms. The number of carbonyl (C=O) groups is 1. The van der Waals surface area contributed by atoms with E-state index in [0.717, 1.165) is 11.3 Å². The smallest absolute Gasteiger partial charge is 0.256 e. The van der Waals surface area contributed by atoms with E-state index in [1.807, 2.05) is 42.5 Å². The number of carbonyl (C=O) groups excluding carboxylic acids is 1. The van der Waals surface area contributed by atoms with E-state index in [1.165, 1.54) is 0 Å². The summed E-state index contributed by atoms with van der Waals surface area (Å²) in [4.78, 5) is 14.6. The van der Waals surface area contributed by atoms with Crippen molar-refractivity contribution in [2.24, 2.45) is 0 Å². The summed E-state index contributed by atoms with van der Waals surface area (Å²) in [6.45, 7) is 4.22. The van der Waals surface area contributed by atoms with Crippen LogP contribution in [0.1, 0.15) is 35.9 Å². The van der Waals surface area contributed by atoms with Gasteiger partial charge in [-0.15, -0.1) is 0 Å². The summed E-state index contributed by atoms with van der Waals surface area (Å²) in [7, 11) is 0. The van der Waals surface area contributed by atoms with Crippen molar-refractivity contribution in [1.82, 2.24) is 5.32 Å². The molecular formula is C17H17ClN2O. The largest absolute Gasteiger partial charge is 0.344 e. The molecule has 1 atom stereocenters. The second-order valence-corrected chi connectivity index (χ2v) is 5.83. The number of fused-ring (bicyclic) bond motifs is 1. The van der Waals surface area contributed by atoms with Gasteiger partial charge >= 0.3 is 0 Å². The standard InChI is InChI=1S/C17H17ClN2O/c1-11(2)20-14-10-6-9-13(18)15(14)17(21)19-16(20)12-7-4-3-5-8-12/h3-11,16H,1-2H3,(H,19,21). The first-order valence-electron chi connectivity index (χ1n) is 7.02. The van der Waals surface area contributed by atoms with Crippen LogP contribution in [-0.4, -0.2) is 11.9 Å². The normalized spacial score (nSPS) is 17.6. The fourth-order valence-electron chi connectivity index (χ4n) is 2.81. The highest BCUT2D eigenvalue weighted by Gasteiger charge is 2.34. The van der Waals surface area contributed by atoms with Crippen LogP contribution in [0.5, 0.6) is 0 Å². The molecule has 1 aliphatic rings. The molecule has 0 bridgehead atoms. The van der Waals surface area contributed by atoms with Crippen LogP contribution in [0.2, 0.25) is 5.02 Å². The molecule has 2 aromatic rings. The quantitative estimate of drug-likeness (QED) is 0.909. The van der Waals surface area contributed by atoms with E-state index in [2.05, 4.69) is 24.1 Å². The van der Waals surface area contributed by atoms with E-state index in [0.29, 0.717) is 10.6 Å². The second-order valence-electron chi connectivity index (χ2n) is 5.42. The molecule has 0 aliphatic carbocycles. The maximum Gasteiger partial charge on any atom is 0.256 e. The number of hydrogen-bond donors (Lipinski definition) is 1. The molecule has 0 saturated carbocycles. The minimum atomic E-state index is -0.176. The Morgan fingerprint density at radius 3 is 2.48 bits per heavy atom. The zero-order chi connectivity index (χ0) is 15.0. The predicted octanol–water partition coefficient (Wildman–Crippen LogP) is 4.00. The van der Waals surface area contributed by atoms with Gasteiger partial charge in [-0.1, -0.05) is 48.0 Å². The summed E-state index contributed by atoms with van der Waals surface area (Å²) in [6, 6.07) is 15.8. The fraction of sp³-hybridized carbons (Fsp3) is 0.235. The van der Waals surface area contributed by atoms with E-state index in [4.69, 9.17) is 11.6 Å². The maximum absolute atomic E-state index is 12.4. The molecular weight excluding hydrogens is 284 g/mol. The Balaban J connectivity index is 2.15. The van der Waals surface area contributed by atoms with Gasteiger partial charge < -0.3 is 10.2 Å². The Kier molecular flexibility index (Phi) is 3.60. The van der Waals surface area contributed by atoms with Crippen molar-refractivity contribution >= 4 is 23.2 Å². The lowest BCUT2D eigenvalue weighted by Crippen LogP contribution is -2.49. The molecule has 3 nitrogen and oxygen atoms in total. The van der Waals surface area contributed by atoms with Crippen molar-refractivity contribution < 1.29 is 4.79 Å². The lowest BCUT2D eigenvalue weighted by molar-refractivity contribution is 0.0925. The van der Waals surface area contributed by atoms with Crippen LogP contribution in [-0.2, 0) is 0 Å². The molecule has 0 fully saturated rings. The Bertz CT molecular complexity index is 670. The van der Waals surface area contributed by atoms with Crippen LogP contribution in [0, 0.1) is 0 Å². The van der Waals surface area contributed by atoms with Gasteiger partial charge in [0.25, 0.3) is 5.91 Å². The van der Waals surface area contributed by atoms with Crippen LogP contribution in [0.3, 0.4) is 0 Å². The van der Waals surface area contributed by atoms with Crippen molar-refractivity contribution in [2.75, 3.05) is 4.90 Å². The van der Waals surface area contributed by atoms with E-state index in [1.54, 1.807) is 6.07 Å². The van der Waals surface area contributed by atoms with E-state index < -0.39 is 0 Å². The minimum Gasteiger partial charge on any atom is -0.344 e. The molecule has 0 radical (unpaired) electrons. The number of anilines is 1. The molecule has 3 rings (SSSR count). The van der Waals surface area contributed by atoms with Crippen molar-refractivity contribution in [3.63, 3.8) is 0 Å². The molecule has 1 unspecified atom stereocenters. The first-order valence-corrected chi connectivity index (χ1v) is 7.40. The molecule has 4 heteroatoms. The number of benzene rings is 2. The molecule has 108 valence electrons. The summed E-state index contributed by atoms with van der Waals surface area (Å²) in [5, 5.41) is 3.55. The lowest BCUT2D eigenvalue weighted by atomic mass is 10.0. The zero-order valence-electron chi connectivity index (χ0n) is 12.0. The molecule has 1 heterocycles. The maximum atomic E-state index is 12.4. The highest BCUT2D eigenvalue weighted by molar-refractivity contribution is 6.34. The minimum absolute atomic E-state index is 0.124. The fourth-order valence-corrected chi connectivity index (χ4v) is 3.07. The van der Waals surface area contributed by atoms with Gasteiger partial charge in [0.1, 0.15) is 6.17 Å². The average molecular weight is 301 g/mol. The summed E-state index contributed by atoms with van der Waals surface area (Å²) < 4.78 is 0. The van der Waals surface area contributed by atoms with Gasteiger partial charge in [0.2, 0.25) is 0 Å². The van der Waals surface area contributed by atoms with Crippen LogP contribution >= 0.6 is 11.6 Å². The molecule has 1 N–H and O–H groups in total. The first kappa shape index (κ1) is 14.0. The lowest BCUT2D eigenvalue weighted by Gasteiger charge is -2.42. The number of halogens is 1. The van der Waals surface area contributed by atoms with Crippen LogP contribution in [0.4, 0.5) is 5.69 Å². The van der Waals surface area contributed by atoms with E-state index in [9.17, 15) is 4.79 Å². The van der Waals surface area contributed by atoms with Gasteiger partial charge in [-0.25, -0.2) is 0 Å². The highest BCUT2D eigenvalue weighted by atomic mass is 35.5. The molecule has 0 saturated heterocycles. The van der Waals surface area contributed by atoms with Crippen LogP contribution in [0.15, 0.2) is 48.5 Å². The monoisotopic (exact) mass is 300 g/mol. The first-order chi connectivity index (χ1) is 10.1. The Labute approximate surface area is 129 Å². The highest BCUT2D eigenvalue weighted by Crippen LogP contribution is 2.37. The number of rotatable bonds is 2. The summed E-state index contributed by atoms with van der Waals surface area (Å²) in [5.41, 5.74) is 2.50.